The molecular formula is C21H29NO5. The SMILES string of the molecule is COc1ccc(C2C[C@H]3CC[C@@H]([C@H]2COC=O)N3C(=O)OC(C)(C)C)cc1. The van der Waals surface area contributed by atoms with Gasteiger partial charge in [0.25, 0.3) is 6.47 Å². The fourth-order valence-corrected chi connectivity index (χ4v) is 4.51. The molecule has 2 saturated heterocycles. The van der Waals surface area contributed by atoms with Crippen molar-refractivity contribution in [2.75, 3.05) is 13.7 Å². The Labute approximate surface area is 160 Å². The smallest absolute Gasteiger partial charge is 0.410 e. The molecule has 4 atom stereocenters. The highest BCUT2D eigenvalue weighted by Crippen LogP contribution is 2.47. The van der Waals surface area contributed by atoms with Gasteiger partial charge in [0.15, 0.2) is 0 Å². The van der Waals surface area contributed by atoms with Gasteiger partial charge in [-0.05, 0) is 63.6 Å². The van der Waals surface area contributed by atoms with Crippen LogP contribution in [0.4, 0.5) is 4.79 Å². The normalized spacial score (nSPS) is 27.2. The minimum absolute atomic E-state index is 0.0191. The Hall–Kier alpha value is -2.24. The number of methoxy groups -OCH3 is 1. The van der Waals surface area contributed by atoms with Gasteiger partial charge in [-0.25, -0.2) is 4.79 Å². The lowest BCUT2D eigenvalue weighted by molar-refractivity contribution is -0.131. The lowest BCUT2D eigenvalue weighted by atomic mass is 9.76. The van der Waals surface area contributed by atoms with Crippen molar-refractivity contribution in [2.24, 2.45) is 5.92 Å². The number of nitrogens with zero attached hydrogens (tertiary/aromatic N) is 1. The highest BCUT2D eigenvalue weighted by Gasteiger charge is 2.50. The van der Waals surface area contributed by atoms with E-state index in [1.54, 1.807) is 7.11 Å². The summed E-state index contributed by atoms with van der Waals surface area (Å²) in [5.74, 6) is 1.09. The minimum atomic E-state index is -0.530. The van der Waals surface area contributed by atoms with E-state index in [0.717, 1.165) is 25.0 Å². The number of amides is 1. The average Bonchev–Trinajstić information content (AvgIpc) is 2.95. The second-order valence-corrected chi connectivity index (χ2v) is 8.39. The number of hydrogen-bond donors (Lipinski definition) is 0. The molecule has 1 amide bonds. The van der Waals surface area contributed by atoms with Crippen LogP contribution in [-0.2, 0) is 14.3 Å². The number of piperidine rings is 1. The number of ether oxygens (including phenoxy) is 3. The summed E-state index contributed by atoms with van der Waals surface area (Å²) in [6, 6.07) is 8.22. The van der Waals surface area contributed by atoms with Crippen molar-refractivity contribution < 1.29 is 23.8 Å². The van der Waals surface area contributed by atoms with Crippen LogP contribution in [-0.4, -0.2) is 48.9 Å². The molecule has 0 N–H and O–H groups in total. The summed E-state index contributed by atoms with van der Waals surface area (Å²) in [7, 11) is 1.65. The predicted octanol–water partition coefficient (Wildman–Crippen LogP) is 3.74. The van der Waals surface area contributed by atoms with E-state index in [2.05, 4.69) is 12.1 Å². The minimum Gasteiger partial charge on any atom is -0.497 e. The molecule has 3 rings (SSSR count). The zero-order valence-electron chi connectivity index (χ0n) is 16.5. The number of carbonyl (C=O) groups excluding carboxylic acids is 2. The van der Waals surface area contributed by atoms with E-state index in [-0.39, 0.29) is 30.0 Å². The molecule has 0 radical (unpaired) electrons. The highest BCUT2D eigenvalue weighted by atomic mass is 16.6. The van der Waals surface area contributed by atoms with Crippen LogP contribution >= 0.6 is 0 Å². The first kappa shape index (κ1) is 19.5. The third-order valence-corrected chi connectivity index (χ3v) is 5.59. The summed E-state index contributed by atoms with van der Waals surface area (Å²) in [4.78, 5) is 25.5. The Balaban J connectivity index is 1.85. The highest BCUT2D eigenvalue weighted by molar-refractivity contribution is 5.70. The molecule has 148 valence electrons. The van der Waals surface area contributed by atoms with Crippen molar-refractivity contribution >= 4 is 12.6 Å². The number of carbonyl (C=O) groups is 2. The quantitative estimate of drug-likeness (QED) is 0.734. The lowest BCUT2D eigenvalue weighted by Crippen LogP contribution is -2.53. The molecule has 0 aromatic heterocycles. The molecule has 2 aliphatic rings. The van der Waals surface area contributed by atoms with Crippen LogP contribution in [0.1, 0.15) is 51.5 Å². The molecular weight excluding hydrogens is 346 g/mol. The number of rotatable bonds is 5. The molecule has 1 unspecified atom stereocenters. The van der Waals surface area contributed by atoms with Gasteiger partial charge in [0.2, 0.25) is 0 Å². The first-order valence-corrected chi connectivity index (χ1v) is 9.54. The predicted molar refractivity (Wildman–Crippen MR) is 101 cm³/mol. The van der Waals surface area contributed by atoms with E-state index in [9.17, 15) is 9.59 Å². The van der Waals surface area contributed by atoms with Crippen LogP contribution in [0.25, 0.3) is 0 Å². The van der Waals surface area contributed by atoms with E-state index >= 15 is 0 Å². The van der Waals surface area contributed by atoms with Crippen LogP contribution in [0.2, 0.25) is 0 Å². The Bertz CT molecular complexity index is 666. The summed E-state index contributed by atoms with van der Waals surface area (Å²) in [6.45, 7) is 6.43. The summed E-state index contributed by atoms with van der Waals surface area (Å²) >= 11 is 0. The van der Waals surface area contributed by atoms with Crippen LogP contribution in [0.5, 0.6) is 5.75 Å². The van der Waals surface area contributed by atoms with Crippen LogP contribution in [0.15, 0.2) is 24.3 Å². The molecule has 2 aliphatic heterocycles. The number of benzene rings is 1. The molecule has 1 aromatic rings. The largest absolute Gasteiger partial charge is 0.497 e. The first-order valence-electron chi connectivity index (χ1n) is 9.54. The summed E-state index contributed by atoms with van der Waals surface area (Å²) in [5, 5.41) is 0. The van der Waals surface area contributed by atoms with E-state index in [4.69, 9.17) is 14.2 Å². The third-order valence-electron chi connectivity index (χ3n) is 5.59. The van der Waals surface area contributed by atoms with Gasteiger partial charge < -0.3 is 19.1 Å². The Kier molecular flexibility index (Phi) is 5.63. The monoisotopic (exact) mass is 375 g/mol. The molecule has 2 heterocycles. The fourth-order valence-electron chi connectivity index (χ4n) is 4.51. The van der Waals surface area contributed by atoms with Crippen molar-refractivity contribution in [3.8, 4) is 5.75 Å². The average molecular weight is 375 g/mol. The van der Waals surface area contributed by atoms with Crippen molar-refractivity contribution in [1.29, 1.82) is 0 Å². The van der Waals surface area contributed by atoms with E-state index in [0.29, 0.717) is 13.1 Å². The van der Waals surface area contributed by atoms with Gasteiger partial charge in [-0.1, -0.05) is 12.1 Å². The summed E-state index contributed by atoms with van der Waals surface area (Å²) in [6.07, 6.45) is 2.44. The van der Waals surface area contributed by atoms with Gasteiger partial charge >= 0.3 is 6.09 Å². The zero-order chi connectivity index (χ0) is 19.6. The molecule has 6 nitrogen and oxygen atoms in total. The third kappa shape index (κ3) is 4.20. The summed E-state index contributed by atoms with van der Waals surface area (Å²) in [5.41, 5.74) is 0.661. The molecule has 0 spiro atoms. The van der Waals surface area contributed by atoms with Gasteiger partial charge in [0.05, 0.1) is 13.7 Å². The Morgan fingerprint density at radius 3 is 2.52 bits per heavy atom. The topological polar surface area (TPSA) is 65.1 Å². The second-order valence-electron chi connectivity index (χ2n) is 8.39. The molecule has 0 saturated carbocycles. The fraction of sp³-hybridized carbons (Fsp3) is 0.619. The Morgan fingerprint density at radius 1 is 1.22 bits per heavy atom. The van der Waals surface area contributed by atoms with Crippen molar-refractivity contribution in [1.82, 2.24) is 4.90 Å². The van der Waals surface area contributed by atoms with E-state index in [1.165, 1.54) is 5.56 Å². The molecule has 0 aliphatic carbocycles. The van der Waals surface area contributed by atoms with Crippen molar-refractivity contribution in [3.05, 3.63) is 29.8 Å². The van der Waals surface area contributed by atoms with Gasteiger partial charge in [0, 0.05) is 18.0 Å². The molecule has 6 heteroatoms. The maximum absolute atomic E-state index is 12.8. The zero-order valence-corrected chi connectivity index (χ0v) is 16.5. The lowest BCUT2D eigenvalue weighted by Gasteiger charge is -2.44. The maximum Gasteiger partial charge on any atom is 0.410 e. The van der Waals surface area contributed by atoms with Crippen molar-refractivity contribution in [2.45, 2.75) is 63.6 Å². The molecule has 2 fully saturated rings. The maximum atomic E-state index is 12.8. The van der Waals surface area contributed by atoms with Crippen molar-refractivity contribution in [3.63, 3.8) is 0 Å². The van der Waals surface area contributed by atoms with Crippen LogP contribution in [0, 0.1) is 5.92 Å². The van der Waals surface area contributed by atoms with E-state index < -0.39 is 5.60 Å². The van der Waals surface area contributed by atoms with Crippen LogP contribution < -0.4 is 4.74 Å². The van der Waals surface area contributed by atoms with Gasteiger partial charge in [-0.15, -0.1) is 0 Å². The van der Waals surface area contributed by atoms with Gasteiger partial charge in [-0.3, -0.25) is 4.79 Å². The molecule has 1 aromatic carbocycles. The number of fused-ring (bicyclic) bond motifs is 2. The molecule has 2 bridgehead atoms. The van der Waals surface area contributed by atoms with Gasteiger partial charge in [0.1, 0.15) is 11.4 Å². The Morgan fingerprint density at radius 2 is 1.93 bits per heavy atom. The number of hydrogen-bond acceptors (Lipinski definition) is 5. The second kappa shape index (κ2) is 7.79. The van der Waals surface area contributed by atoms with Gasteiger partial charge in [-0.2, -0.15) is 0 Å². The molecule has 27 heavy (non-hydrogen) atoms. The first-order chi connectivity index (χ1) is 12.8. The van der Waals surface area contributed by atoms with Crippen LogP contribution in [0.3, 0.4) is 0 Å². The standard InChI is InChI=1S/C21H29NO5/c1-21(2,3)27-20(24)22-15-7-10-19(22)18(12-26-13-23)17(11-15)14-5-8-16(25-4)9-6-14/h5-6,8-9,13,15,17-19H,7,10-12H2,1-4H3/t15-,17?,18+,19+/m1/s1. The van der Waals surface area contributed by atoms with E-state index in [1.807, 2.05) is 37.8 Å². The summed E-state index contributed by atoms with van der Waals surface area (Å²) < 4.78 is 16.1.